The van der Waals surface area contributed by atoms with Crippen LogP contribution in [0.5, 0.6) is 17.2 Å². The Morgan fingerprint density at radius 2 is 1.30 bits per heavy atom. The van der Waals surface area contributed by atoms with E-state index >= 15 is 0 Å². The van der Waals surface area contributed by atoms with Gasteiger partial charge in [0.1, 0.15) is 16.7 Å². The van der Waals surface area contributed by atoms with Crippen molar-refractivity contribution >= 4 is 46.9 Å². The van der Waals surface area contributed by atoms with Crippen LogP contribution in [0.25, 0.3) is 6.08 Å². The summed E-state index contributed by atoms with van der Waals surface area (Å²) >= 11 is 1.40. The summed E-state index contributed by atoms with van der Waals surface area (Å²) in [5.74, 6) is 0.0887. The zero-order valence-corrected chi connectivity index (χ0v) is 28.9. The number of carbonyl (C=O) groups excluding carboxylic acids is 3. The Hall–Kier alpha value is -6.00. The van der Waals surface area contributed by atoms with Crippen molar-refractivity contribution in [2.75, 3.05) is 32.0 Å². The first kappa shape index (κ1) is 35.3. The number of hydrogen-bond donors (Lipinski definition) is 3. The predicted octanol–water partition coefficient (Wildman–Crippen LogP) is 7.90. The van der Waals surface area contributed by atoms with E-state index in [1.165, 1.54) is 39.2 Å². The molecule has 0 fully saturated rings. The largest absolute Gasteiger partial charge is 0.496 e. The van der Waals surface area contributed by atoms with Gasteiger partial charge >= 0.3 is 0 Å². The van der Waals surface area contributed by atoms with Gasteiger partial charge in [0.15, 0.2) is 11.5 Å². The van der Waals surface area contributed by atoms with Gasteiger partial charge in [0.05, 0.1) is 21.3 Å². The first-order chi connectivity index (χ1) is 24.3. The summed E-state index contributed by atoms with van der Waals surface area (Å²) < 4.78 is 16.4. The number of amides is 3. The molecule has 0 heterocycles. The summed E-state index contributed by atoms with van der Waals surface area (Å²) in [4.78, 5) is 41.3. The van der Waals surface area contributed by atoms with Crippen molar-refractivity contribution in [2.45, 2.75) is 17.1 Å². The molecule has 10 heteroatoms. The summed E-state index contributed by atoms with van der Waals surface area (Å²) in [6.07, 6.45) is 1.51. The first-order valence-corrected chi connectivity index (χ1v) is 16.5. The molecule has 9 nitrogen and oxygen atoms in total. The van der Waals surface area contributed by atoms with Crippen molar-refractivity contribution < 1.29 is 28.6 Å². The van der Waals surface area contributed by atoms with Crippen LogP contribution >= 0.6 is 11.8 Å². The highest BCUT2D eigenvalue weighted by molar-refractivity contribution is 8.00. The average molecular weight is 688 g/mol. The number of anilines is 2. The van der Waals surface area contributed by atoms with Crippen molar-refractivity contribution in [3.63, 3.8) is 0 Å². The minimum Gasteiger partial charge on any atom is -0.496 e. The molecule has 0 bridgehead atoms. The Morgan fingerprint density at radius 1 is 0.660 bits per heavy atom. The Balaban J connectivity index is 1.39. The van der Waals surface area contributed by atoms with Crippen molar-refractivity contribution in [2.24, 2.45) is 0 Å². The number of thioether (sulfide) groups is 1. The molecular weight excluding hydrogens is 651 g/mol. The lowest BCUT2D eigenvalue weighted by Crippen LogP contribution is -2.30. The molecule has 254 valence electrons. The van der Waals surface area contributed by atoms with Gasteiger partial charge in [-0.05, 0) is 78.7 Å². The van der Waals surface area contributed by atoms with Crippen LogP contribution in [0.1, 0.15) is 32.3 Å². The molecule has 0 aromatic heterocycles. The lowest BCUT2D eigenvalue weighted by molar-refractivity contribution is -0.116. The molecule has 1 atom stereocenters. The van der Waals surface area contributed by atoms with E-state index in [1.54, 1.807) is 54.6 Å². The average Bonchev–Trinajstić information content (AvgIpc) is 3.14. The summed E-state index contributed by atoms with van der Waals surface area (Å²) in [6, 6.07) is 36.3. The molecule has 0 aliphatic rings. The fourth-order valence-electron chi connectivity index (χ4n) is 5.05. The van der Waals surface area contributed by atoms with Crippen molar-refractivity contribution in [3.05, 3.63) is 149 Å². The molecule has 0 saturated heterocycles. The molecule has 50 heavy (non-hydrogen) atoms. The molecule has 5 rings (SSSR count). The number of aryl methyl sites for hydroxylation is 1. The minimum atomic E-state index is -0.564. The second kappa shape index (κ2) is 16.9. The van der Waals surface area contributed by atoms with Gasteiger partial charge in [-0.15, -0.1) is 11.8 Å². The molecule has 3 N–H and O–H groups in total. The summed E-state index contributed by atoms with van der Waals surface area (Å²) in [6.45, 7) is 1.97. The highest BCUT2D eigenvalue weighted by Gasteiger charge is 2.23. The topological polar surface area (TPSA) is 115 Å². The molecule has 0 saturated carbocycles. The Morgan fingerprint density at radius 3 is 1.94 bits per heavy atom. The number of methoxy groups -OCH3 is 3. The third-order valence-corrected chi connectivity index (χ3v) is 8.82. The van der Waals surface area contributed by atoms with E-state index in [0.717, 1.165) is 21.7 Å². The van der Waals surface area contributed by atoms with Crippen molar-refractivity contribution in [1.29, 1.82) is 0 Å². The van der Waals surface area contributed by atoms with E-state index in [2.05, 4.69) is 16.0 Å². The lowest BCUT2D eigenvalue weighted by Gasteiger charge is -2.18. The van der Waals surface area contributed by atoms with Gasteiger partial charge in [0.2, 0.25) is 5.91 Å². The Bertz CT molecular complexity index is 1980. The number of hydrogen-bond acceptors (Lipinski definition) is 7. The summed E-state index contributed by atoms with van der Waals surface area (Å²) in [7, 11) is 4.51. The molecule has 3 amide bonds. The van der Waals surface area contributed by atoms with Gasteiger partial charge in [-0.25, -0.2) is 0 Å². The number of benzene rings is 5. The van der Waals surface area contributed by atoms with Gasteiger partial charge < -0.3 is 30.2 Å². The molecule has 0 spiro atoms. The monoisotopic (exact) mass is 687 g/mol. The SMILES string of the molecule is COc1cc(OC)c(OC)cc1/C=C(\NC(=O)c1ccccc1)C(=O)Nc1ccc(SC(C(=O)Nc2cccc(C)c2)c2ccccc2)cc1. The molecule has 0 radical (unpaired) electrons. The zero-order chi connectivity index (χ0) is 35.5. The Labute approximate surface area is 295 Å². The van der Waals surface area contributed by atoms with Crippen LogP contribution in [-0.4, -0.2) is 39.1 Å². The molecule has 5 aromatic carbocycles. The maximum absolute atomic E-state index is 13.7. The normalized spacial score (nSPS) is 11.6. The predicted molar refractivity (Wildman–Crippen MR) is 198 cm³/mol. The van der Waals surface area contributed by atoms with Crippen LogP contribution in [0.4, 0.5) is 11.4 Å². The second-order valence-electron chi connectivity index (χ2n) is 11.1. The van der Waals surface area contributed by atoms with Crippen molar-refractivity contribution in [3.8, 4) is 17.2 Å². The Kier molecular flexibility index (Phi) is 11.9. The fraction of sp³-hybridized carbons (Fsp3) is 0.125. The number of nitrogens with one attached hydrogen (secondary N) is 3. The summed E-state index contributed by atoms with van der Waals surface area (Å²) in [5.41, 5.74) is 3.94. The van der Waals surface area contributed by atoms with E-state index in [1.807, 2.05) is 73.7 Å². The highest BCUT2D eigenvalue weighted by Crippen LogP contribution is 2.38. The van der Waals surface area contributed by atoms with Gasteiger partial charge in [-0.1, -0.05) is 60.7 Å². The van der Waals surface area contributed by atoms with Gasteiger partial charge in [0, 0.05) is 33.5 Å². The lowest BCUT2D eigenvalue weighted by atomic mass is 10.1. The standard InChI is InChI=1S/C40H37N3O6S/c1-26-12-11-17-31(22-26)42-40(46)37(27-13-7-5-8-14-27)50-32-20-18-30(19-21-32)41-39(45)33(43-38(44)28-15-9-6-10-16-28)23-29-24-35(48-3)36(49-4)25-34(29)47-2/h5-25,37H,1-4H3,(H,41,45)(H,42,46)(H,43,44)/b33-23-. The van der Waals surface area contributed by atoms with Crippen LogP contribution in [0, 0.1) is 6.92 Å². The smallest absolute Gasteiger partial charge is 0.272 e. The number of rotatable bonds is 13. The van der Waals surface area contributed by atoms with Crippen LogP contribution in [0.15, 0.2) is 132 Å². The zero-order valence-electron chi connectivity index (χ0n) is 28.1. The molecule has 1 unspecified atom stereocenters. The highest BCUT2D eigenvalue weighted by atomic mass is 32.2. The molecule has 5 aromatic rings. The molecular formula is C40H37N3O6S. The van der Waals surface area contributed by atoms with Crippen LogP contribution in [0.3, 0.4) is 0 Å². The second-order valence-corrected chi connectivity index (χ2v) is 12.3. The molecule has 0 aliphatic carbocycles. The maximum atomic E-state index is 13.7. The van der Waals surface area contributed by atoms with Crippen LogP contribution in [0.2, 0.25) is 0 Å². The first-order valence-electron chi connectivity index (χ1n) is 15.7. The third-order valence-electron chi connectivity index (χ3n) is 7.56. The van der Waals surface area contributed by atoms with E-state index in [9.17, 15) is 14.4 Å². The minimum absolute atomic E-state index is 0.0280. The maximum Gasteiger partial charge on any atom is 0.272 e. The van der Waals surface area contributed by atoms with Crippen LogP contribution < -0.4 is 30.2 Å². The van der Waals surface area contributed by atoms with Crippen molar-refractivity contribution in [1.82, 2.24) is 5.32 Å². The van der Waals surface area contributed by atoms with E-state index < -0.39 is 17.1 Å². The van der Waals surface area contributed by atoms with E-state index in [4.69, 9.17) is 14.2 Å². The van der Waals surface area contributed by atoms with E-state index in [-0.39, 0.29) is 11.6 Å². The molecule has 0 aliphatic heterocycles. The number of ether oxygens (including phenoxy) is 3. The third kappa shape index (κ3) is 9.12. The number of carbonyl (C=O) groups is 3. The quantitative estimate of drug-likeness (QED) is 0.0852. The van der Waals surface area contributed by atoms with Gasteiger partial charge in [-0.2, -0.15) is 0 Å². The summed E-state index contributed by atoms with van der Waals surface area (Å²) in [5, 5.41) is 8.13. The van der Waals surface area contributed by atoms with E-state index in [0.29, 0.717) is 34.1 Å². The van der Waals surface area contributed by atoms with Gasteiger partial charge in [-0.3, -0.25) is 14.4 Å². The fourth-order valence-corrected chi connectivity index (χ4v) is 6.07. The van der Waals surface area contributed by atoms with Gasteiger partial charge in [0.25, 0.3) is 11.8 Å². The van der Waals surface area contributed by atoms with Crippen LogP contribution in [-0.2, 0) is 9.59 Å².